The summed E-state index contributed by atoms with van der Waals surface area (Å²) in [6, 6.07) is 6.90. The van der Waals surface area contributed by atoms with Crippen molar-refractivity contribution in [3.05, 3.63) is 53.4 Å². The number of carboxylic acids is 1. The van der Waals surface area contributed by atoms with E-state index in [4.69, 9.17) is 16.3 Å². The van der Waals surface area contributed by atoms with Crippen LogP contribution >= 0.6 is 11.6 Å². The summed E-state index contributed by atoms with van der Waals surface area (Å²) in [5.74, 6) is -0.733. The summed E-state index contributed by atoms with van der Waals surface area (Å²) in [5.41, 5.74) is 1.66. The van der Waals surface area contributed by atoms with Crippen LogP contribution in [0.4, 0.5) is 11.6 Å². The highest BCUT2D eigenvalue weighted by Crippen LogP contribution is 2.30. The second-order valence-corrected chi connectivity index (χ2v) is 6.83. The van der Waals surface area contributed by atoms with Gasteiger partial charge in [0.1, 0.15) is 0 Å². The number of rotatable bonds is 5. The number of aromatic nitrogens is 4. The third-order valence-corrected chi connectivity index (χ3v) is 4.86. The summed E-state index contributed by atoms with van der Waals surface area (Å²) in [4.78, 5) is 20.1. The molecular weight excluding hydrogens is 382 g/mol. The molecule has 28 heavy (non-hydrogen) atoms. The number of ether oxygens (including phenoxy) is 1. The van der Waals surface area contributed by atoms with E-state index in [9.17, 15) is 9.90 Å². The average molecular weight is 400 g/mol. The second-order valence-electron chi connectivity index (χ2n) is 6.42. The predicted molar refractivity (Wildman–Crippen MR) is 104 cm³/mol. The number of aromatic carboxylic acids is 1. The molecule has 0 unspecified atom stereocenters. The van der Waals surface area contributed by atoms with Crippen LogP contribution in [0.1, 0.15) is 29.2 Å². The Labute approximate surface area is 166 Å². The largest absolute Gasteiger partial charge is 0.478 e. The molecule has 1 aromatic carbocycles. The molecule has 144 valence electrons. The Bertz CT molecular complexity index is 1000. The molecule has 1 aliphatic heterocycles. The summed E-state index contributed by atoms with van der Waals surface area (Å²) in [5, 5.41) is 17.2. The minimum absolute atomic E-state index is 0.126. The first-order chi connectivity index (χ1) is 13.6. The van der Waals surface area contributed by atoms with Crippen molar-refractivity contribution in [2.24, 2.45) is 0 Å². The van der Waals surface area contributed by atoms with Crippen molar-refractivity contribution in [2.45, 2.75) is 18.9 Å². The molecule has 4 rings (SSSR count). The Morgan fingerprint density at radius 1 is 1.25 bits per heavy atom. The van der Waals surface area contributed by atoms with Gasteiger partial charge >= 0.3 is 5.97 Å². The van der Waals surface area contributed by atoms with Gasteiger partial charge in [0.05, 0.1) is 40.4 Å². The molecule has 0 spiro atoms. The highest BCUT2D eigenvalue weighted by molar-refractivity contribution is 6.33. The molecule has 0 atom stereocenters. The average Bonchev–Trinajstić information content (AvgIpc) is 3.18. The maximum absolute atomic E-state index is 11.5. The zero-order chi connectivity index (χ0) is 19.5. The van der Waals surface area contributed by atoms with E-state index in [1.54, 1.807) is 24.4 Å². The molecule has 9 heteroatoms. The quantitative estimate of drug-likeness (QED) is 0.672. The molecular formula is C19H18ClN5O3. The van der Waals surface area contributed by atoms with Gasteiger partial charge in [-0.1, -0.05) is 29.8 Å². The van der Waals surface area contributed by atoms with Gasteiger partial charge in [-0.05, 0) is 18.9 Å². The zero-order valence-electron chi connectivity index (χ0n) is 14.9. The van der Waals surface area contributed by atoms with Crippen LogP contribution in [0.15, 0.2) is 42.9 Å². The van der Waals surface area contributed by atoms with Crippen LogP contribution in [0.2, 0.25) is 5.02 Å². The zero-order valence-corrected chi connectivity index (χ0v) is 15.6. The van der Waals surface area contributed by atoms with Crippen molar-refractivity contribution in [3.63, 3.8) is 0 Å². The van der Waals surface area contributed by atoms with Crippen LogP contribution in [-0.2, 0) is 4.74 Å². The molecule has 0 saturated carbocycles. The number of hydrogen-bond acceptors (Lipinski definition) is 6. The summed E-state index contributed by atoms with van der Waals surface area (Å²) < 4.78 is 7.30. The van der Waals surface area contributed by atoms with Crippen LogP contribution < -0.4 is 5.32 Å². The van der Waals surface area contributed by atoms with E-state index in [-0.39, 0.29) is 10.6 Å². The fourth-order valence-corrected chi connectivity index (χ4v) is 3.37. The second kappa shape index (κ2) is 7.95. The number of halogens is 1. The van der Waals surface area contributed by atoms with E-state index in [0.29, 0.717) is 23.2 Å². The Hall–Kier alpha value is -2.97. The van der Waals surface area contributed by atoms with Gasteiger partial charge in [0.15, 0.2) is 0 Å². The van der Waals surface area contributed by atoms with E-state index in [2.05, 4.69) is 20.4 Å². The fourth-order valence-electron chi connectivity index (χ4n) is 3.17. The molecule has 2 aromatic heterocycles. The minimum Gasteiger partial charge on any atom is -0.478 e. The molecule has 8 nitrogen and oxygen atoms in total. The normalized spacial score (nSPS) is 14.8. The standard InChI is InChI=1S/C19H18ClN5O3/c20-16-10-21-19(24-17(16)14-3-1-2-4-15(14)18(26)27)23-12-9-22-25(11-12)13-5-7-28-8-6-13/h1-4,9-11,13H,5-8H2,(H,26,27)(H,21,23,24). The molecule has 2 N–H and O–H groups in total. The molecule has 0 aliphatic carbocycles. The van der Waals surface area contributed by atoms with Crippen LogP contribution in [-0.4, -0.2) is 44.0 Å². The highest BCUT2D eigenvalue weighted by atomic mass is 35.5. The monoisotopic (exact) mass is 399 g/mol. The number of carbonyl (C=O) groups is 1. The number of carboxylic acid groups (broad SMARTS) is 1. The van der Waals surface area contributed by atoms with Gasteiger partial charge in [-0.25, -0.2) is 14.8 Å². The SMILES string of the molecule is O=C(O)c1ccccc1-c1nc(Nc2cnn(C3CCOCC3)c2)ncc1Cl. The highest BCUT2D eigenvalue weighted by Gasteiger charge is 2.18. The minimum atomic E-state index is -1.04. The molecule has 1 fully saturated rings. The Morgan fingerprint density at radius 3 is 2.82 bits per heavy atom. The van der Waals surface area contributed by atoms with Crippen molar-refractivity contribution >= 4 is 29.2 Å². The first-order valence-electron chi connectivity index (χ1n) is 8.86. The van der Waals surface area contributed by atoms with Crippen LogP contribution in [0.5, 0.6) is 0 Å². The Morgan fingerprint density at radius 2 is 2.04 bits per heavy atom. The van der Waals surface area contributed by atoms with Gasteiger partial charge in [-0.15, -0.1) is 0 Å². The van der Waals surface area contributed by atoms with Crippen molar-refractivity contribution in [1.82, 2.24) is 19.7 Å². The fraction of sp³-hybridized carbons (Fsp3) is 0.263. The van der Waals surface area contributed by atoms with E-state index >= 15 is 0 Å². The van der Waals surface area contributed by atoms with Crippen molar-refractivity contribution < 1.29 is 14.6 Å². The Balaban J connectivity index is 1.60. The summed E-state index contributed by atoms with van der Waals surface area (Å²) in [6.45, 7) is 1.47. The third-order valence-electron chi connectivity index (χ3n) is 4.58. The molecule has 0 amide bonds. The maximum atomic E-state index is 11.5. The molecule has 0 bridgehead atoms. The van der Waals surface area contributed by atoms with Crippen LogP contribution in [0, 0.1) is 0 Å². The topological polar surface area (TPSA) is 102 Å². The molecule has 3 aromatic rings. The number of hydrogen-bond donors (Lipinski definition) is 2. The third kappa shape index (κ3) is 3.83. The lowest BCUT2D eigenvalue weighted by Gasteiger charge is -2.22. The number of nitrogens with one attached hydrogen (secondary N) is 1. The van der Waals surface area contributed by atoms with E-state index in [1.165, 1.54) is 12.3 Å². The number of nitrogens with zero attached hydrogens (tertiary/aromatic N) is 4. The summed E-state index contributed by atoms with van der Waals surface area (Å²) in [7, 11) is 0. The first-order valence-corrected chi connectivity index (χ1v) is 9.24. The lowest BCUT2D eigenvalue weighted by molar-refractivity contribution is 0.0662. The smallest absolute Gasteiger partial charge is 0.336 e. The number of anilines is 2. The van der Waals surface area contributed by atoms with Crippen molar-refractivity contribution in [1.29, 1.82) is 0 Å². The maximum Gasteiger partial charge on any atom is 0.336 e. The van der Waals surface area contributed by atoms with Gasteiger partial charge in [-0.3, -0.25) is 4.68 Å². The van der Waals surface area contributed by atoms with Gasteiger partial charge < -0.3 is 15.2 Å². The van der Waals surface area contributed by atoms with Gasteiger partial charge in [-0.2, -0.15) is 5.10 Å². The number of benzene rings is 1. The van der Waals surface area contributed by atoms with Gasteiger partial charge in [0.25, 0.3) is 0 Å². The molecule has 1 aliphatic rings. The molecule has 3 heterocycles. The Kier molecular flexibility index (Phi) is 5.23. The van der Waals surface area contributed by atoms with Crippen LogP contribution in [0.25, 0.3) is 11.3 Å². The van der Waals surface area contributed by atoms with Crippen molar-refractivity contribution in [2.75, 3.05) is 18.5 Å². The van der Waals surface area contributed by atoms with Gasteiger partial charge in [0, 0.05) is 25.0 Å². The molecule has 1 saturated heterocycles. The molecule has 0 radical (unpaired) electrons. The van der Waals surface area contributed by atoms with E-state index in [1.807, 2.05) is 10.9 Å². The van der Waals surface area contributed by atoms with Gasteiger partial charge in [0.2, 0.25) is 5.95 Å². The summed E-state index contributed by atoms with van der Waals surface area (Å²) >= 11 is 6.24. The lowest BCUT2D eigenvalue weighted by atomic mass is 10.0. The lowest BCUT2D eigenvalue weighted by Crippen LogP contribution is -2.19. The van der Waals surface area contributed by atoms with Crippen molar-refractivity contribution in [3.8, 4) is 11.3 Å². The summed E-state index contributed by atoms with van der Waals surface area (Å²) in [6.07, 6.45) is 6.91. The first kappa shape index (κ1) is 18.4. The predicted octanol–water partition coefficient (Wildman–Crippen LogP) is 3.79. The van der Waals surface area contributed by atoms with Crippen LogP contribution in [0.3, 0.4) is 0 Å². The van der Waals surface area contributed by atoms with E-state index < -0.39 is 5.97 Å². The van der Waals surface area contributed by atoms with E-state index in [0.717, 1.165) is 31.7 Å².